The number of rotatable bonds is 5. The van der Waals surface area contributed by atoms with Crippen LogP contribution in [-0.4, -0.2) is 41.6 Å². The molecule has 0 aliphatic carbocycles. The van der Waals surface area contributed by atoms with Crippen molar-refractivity contribution in [3.8, 4) is 0 Å². The summed E-state index contributed by atoms with van der Waals surface area (Å²) < 4.78 is 0. The number of nitrogens with zero attached hydrogens (tertiary/aromatic N) is 1. The summed E-state index contributed by atoms with van der Waals surface area (Å²) in [6.45, 7) is 2.31. The van der Waals surface area contributed by atoms with E-state index in [1.165, 1.54) is 12.8 Å². The van der Waals surface area contributed by atoms with Crippen LogP contribution in [0.2, 0.25) is 0 Å². The molecule has 1 heterocycles. The summed E-state index contributed by atoms with van der Waals surface area (Å²) in [5.41, 5.74) is 5.29. The van der Waals surface area contributed by atoms with Crippen molar-refractivity contribution in [2.24, 2.45) is 5.73 Å². The number of piperidine rings is 1. The minimum Gasteiger partial charge on any atom is -0.395 e. The van der Waals surface area contributed by atoms with Crippen LogP contribution in [0.1, 0.15) is 32.1 Å². The summed E-state index contributed by atoms with van der Waals surface area (Å²) in [4.78, 5) is 2.33. The SMILES string of the molecule is N=C(N)CCCN1CCCCC1CO. The van der Waals surface area contributed by atoms with Gasteiger partial charge in [-0.3, -0.25) is 10.3 Å². The van der Waals surface area contributed by atoms with Gasteiger partial charge < -0.3 is 10.8 Å². The average Bonchev–Trinajstić information content (AvgIpc) is 2.18. The predicted octanol–water partition coefficient (Wildman–Crippen LogP) is 0.549. The smallest absolute Gasteiger partial charge is 0.0905 e. The first-order valence-corrected chi connectivity index (χ1v) is 5.42. The summed E-state index contributed by atoms with van der Waals surface area (Å²) in [5.74, 6) is 0.266. The molecule has 82 valence electrons. The molecule has 0 aromatic carbocycles. The third-order valence-electron chi connectivity index (χ3n) is 2.85. The fourth-order valence-electron chi connectivity index (χ4n) is 2.03. The van der Waals surface area contributed by atoms with Crippen LogP contribution in [0.3, 0.4) is 0 Å². The van der Waals surface area contributed by atoms with Gasteiger partial charge in [0.1, 0.15) is 0 Å². The van der Waals surface area contributed by atoms with E-state index in [1.54, 1.807) is 0 Å². The molecule has 4 nitrogen and oxygen atoms in total. The van der Waals surface area contributed by atoms with E-state index < -0.39 is 0 Å². The Bertz CT molecular complexity index is 184. The highest BCUT2D eigenvalue weighted by Crippen LogP contribution is 2.16. The van der Waals surface area contributed by atoms with Crippen molar-refractivity contribution in [2.45, 2.75) is 38.1 Å². The maximum Gasteiger partial charge on any atom is 0.0905 e. The molecule has 1 unspecified atom stereocenters. The second-order valence-electron chi connectivity index (χ2n) is 4.00. The van der Waals surface area contributed by atoms with E-state index in [1.807, 2.05) is 0 Å². The molecule has 1 rings (SSSR count). The van der Waals surface area contributed by atoms with Gasteiger partial charge in [-0.2, -0.15) is 0 Å². The number of aliphatic hydroxyl groups is 1. The average molecular weight is 199 g/mol. The lowest BCUT2D eigenvalue weighted by molar-refractivity contribution is 0.0897. The van der Waals surface area contributed by atoms with E-state index in [4.69, 9.17) is 16.2 Å². The number of aliphatic hydroxyl groups excluding tert-OH is 1. The Hall–Kier alpha value is -0.610. The quantitative estimate of drug-likeness (QED) is 0.447. The maximum absolute atomic E-state index is 9.16. The highest BCUT2D eigenvalue weighted by Gasteiger charge is 2.20. The van der Waals surface area contributed by atoms with E-state index >= 15 is 0 Å². The number of amidine groups is 1. The van der Waals surface area contributed by atoms with Gasteiger partial charge in [-0.25, -0.2) is 0 Å². The first-order valence-electron chi connectivity index (χ1n) is 5.42. The number of nitrogens with two attached hydrogens (primary N) is 1. The maximum atomic E-state index is 9.16. The molecule has 1 aliphatic rings. The zero-order chi connectivity index (χ0) is 10.4. The summed E-state index contributed by atoms with van der Waals surface area (Å²) in [5, 5.41) is 16.3. The molecule has 1 saturated heterocycles. The molecule has 4 N–H and O–H groups in total. The van der Waals surface area contributed by atoms with Gasteiger partial charge in [-0.05, 0) is 32.4 Å². The minimum absolute atomic E-state index is 0.264. The number of likely N-dealkylation sites (tertiary alicyclic amines) is 1. The lowest BCUT2D eigenvalue weighted by atomic mass is 10.0. The second-order valence-corrected chi connectivity index (χ2v) is 4.00. The summed E-state index contributed by atoms with van der Waals surface area (Å²) in [6.07, 6.45) is 5.18. The molecule has 0 saturated carbocycles. The zero-order valence-corrected chi connectivity index (χ0v) is 8.71. The normalized spacial score (nSPS) is 23.6. The first-order chi connectivity index (χ1) is 6.74. The predicted molar refractivity (Wildman–Crippen MR) is 57.4 cm³/mol. The van der Waals surface area contributed by atoms with Gasteiger partial charge in [0.25, 0.3) is 0 Å². The highest BCUT2D eigenvalue weighted by atomic mass is 16.3. The Labute approximate surface area is 85.6 Å². The van der Waals surface area contributed by atoms with Crippen molar-refractivity contribution in [1.82, 2.24) is 4.90 Å². The summed E-state index contributed by atoms with van der Waals surface area (Å²) in [7, 11) is 0. The molecule has 0 amide bonds. The molecular weight excluding hydrogens is 178 g/mol. The zero-order valence-electron chi connectivity index (χ0n) is 8.71. The largest absolute Gasteiger partial charge is 0.395 e. The van der Waals surface area contributed by atoms with Gasteiger partial charge in [0.15, 0.2) is 0 Å². The molecule has 1 aliphatic heterocycles. The number of hydrogen-bond donors (Lipinski definition) is 3. The van der Waals surface area contributed by atoms with Crippen LogP contribution < -0.4 is 5.73 Å². The molecule has 1 fully saturated rings. The topological polar surface area (TPSA) is 73.3 Å². The molecule has 0 bridgehead atoms. The van der Waals surface area contributed by atoms with Crippen LogP contribution in [0.15, 0.2) is 0 Å². The van der Waals surface area contributed by atoms with Gasteiger partial charge in [-0.15, -0.1) is 0 Å². The van der Waals surface area contributed by atoms with Crippen molar-refractivity contribution in [3.05, 3.63) is 0 Å². The Morgan fingerprint density at radius 3 is 2.93 bits per heavy atom. The van der Waals surface area contributed by atoms with Crippen molar-refractivity contribution in [2.75, 3.05) is 19.7 Å². The van der Waals surface area contributed by atoms with Crippen LogP contribution in [-0.2, 0) is 0 Å². The first kappa shape index (κ1) is 11.5. The second kappa shape index (κ2) is 5.98. The summed E-state index contributed by atoms with van der Waals surface area (Å²) >= 11 is 0. The molecule has 1 atom stereocenters. The van der Waals surface area contributed by atoms with E-state index in [2.05, 4.69) is 4.90 Å². The van der Waals surface area contributed by atoms with Crippen LogP contribution in [0.4, 0.5) is 0 Å². The Morgan fingerprint density at radius 1 is 1.50 bits per heavy atom. The molecular formula is C10H21N3O. The van der Waals surface area contributed by atoms with Crippen LogP contribution in [0.25, 0.3) is 0 Å². The Morgan fingerprint density at radius 2 is 2.29 bits per heavy atom. The molecule has 0 aromatic rings. The molecule has 0 radical (unpaired) electrons. The standard InChI is InChI=1S/C10H21N3O/c11-10(12)5-3-7-13-6-2-1-4-9(13)8-14/h9,14H,1-8H2,(H3,11,12). The molecule has 0 spiro atoms. The summed E-state index contributed by atoms with van der Waals surface area (Å²) in [6, 6.07) is 0.343. The van der Waals surface area contributed by atoms with Crippen LogP contribution in [0.5, 0.6) is 0 Å². The van der Waals surface area contributed by atoms with Gasteiger partial charge in [0.05, 0.1) is 12.4 Å². The van der Waals surface area contributed by atoms with E-state index in [-0.39, 0.29) is 12.4 Å². The number of nitrogens with one attached hydrogen (secondary N) is 1. The van der Waals surface area contributed by atoms with E-state index in [9.17, 15) is 0 Å². The molecule has 4 heteroatoms. The van der Waals surface area contributed by atoms with Gasteiger partial charge in [0.2, 0.25) is 0 Å². The van der Waals surface area contributed by atoms with Crippen molar-refractivity contribution in [1.29, 1.82) is 5.41 Å². The van der Waals surface area contributed by atoms with Gasteiger partial charge in [0, 0.05) is 12.5 Å². The van der Waals surface area contributed by atoms with Gasteiger partial charge in [-0.1, -0.05) is 6.42 Å². The van der Waals surface area contributed by atoms with Crippen molar-refractivity contribution >= 4 is 5.84 Å². The highest BCUT2D eigenvalue weighted by molar-refractivity contribution is 5.76. The fourth-order valence-corrected chi connectivity index (χ4v) is 2.03. The van der Waals surface area contributed by atoms with Crippen molar-refractivity contribution in [3.63, 3.8) is 0 Å². The van der Waals surface area contributed by atoms with Crippen LogP contribution in [0, 0.1) is 5.41 Å². The molecule has 0 aromatic heterocycles. The lowest BCUT2D eigenvalue weighted by Gasteiger charge is -2.34. The Balaban J connectivity index is 2.22. The van der Waals surface area contributed by atoms with E-state index in [0.717, 1.165) is 25.9 Å². The fraction of sp³-hybridized carbons (Fsp3) is 0.900. The van der Waals surface area contributed by atoms with E-state index in [0.29, 0.717) is 12.5 Å². The monoisotopic (exact) mass is 199 g/mol. The van der Waals surface area contributed by atoms with Crippen molar-refractivity contribution < 1.29 is 5.11 Å². The molecule has 14 heavy (non-hydrogen) atoms. The lowest BCUT2D eigenvalue weighted by Crippen LogP contribution is -2.42. The third kappa shape index (κ3) is 3.64. The number of hydrogen-bond acceptors (Lipinski definition) is 3. The minimum atomic E-state index is 0.264. The Kier molecular flexibility index (Phi) is 4.90. The van der Waals surface area contributed by atoms with Gasteiger partial charge >= 0.3 is 0 Å². The third-order valence-corrected chi connectivity index (χ3v) is 2.85. The van der Waals surface area contributed by atoms with Crippen LogP contribution >= 0.6 is 0 Å².